The minimum absolute atomic E-state index is 0.168. The number of benzene rings is 3. The van der Waals surface area contributed by atoms with E-state index in [0.717, 1.165) is 49.0 Å². The maximum atomic E-state index is 12.9. The fourth-order valence-electron chi connectivity index (χ4n) is 6.44. The summed E-state index contributed by atoms with van der Waals surface area (Å²) in [6.45, 7) is 6.79. The molecule has 0 amide bonds. The molecule has 264 valence electrons. The van der Waals surface area contributed by atoms with E-state index in [1.807, 2.05) is 37.3 Å². The smallest absolute Gasteiger partial charge is 0.350 e. The number of hydrogen-bond donors (Lipinski definition) is 0. The van der Waals surface area contributed by atoms with E-state index in [2.05, 4.69) is 59.5 Å². The van der Waals surface area contributed by atoms with Crippen LogP contribution in [0.1, 0.15) is 18.9 Å². The fourth-order valence-corrected chi connectivity index (χ4v) is 6.99. The van der Waals surface area contributed by atoms with E-state index >= 15 is 0 Å². The molecule has 3 aromatic carbocycles. The number of rotatable bonds is 12. The fraction of sp³-hybridized carbons (Fsp3) is 0.371. The summed E-state index contributed by atoms with van der Waals surface area (Å²) >= 11 is 12.7. The Hall–Kier alpha value is -4.76. The van der Waals surface area contributed by atoms with Gasteiger partial charge in [-0.15, -0.1) is 0 Å². The zero-order valence-electron chi connectivity index (χ0n) is 27.9. The van der Waals surface area contributed by atoms with Gasteiger partial charge in [0, 0.05) is 54.6 Å². The molecule has 0 bridgehead atoms. The van der Waals surface area contributed by atoms with Gasteiger partial charge in [0.25, 0.3) is 0 Å². The van der Waals surface area contributed by atoms with Gasteiger partial charge in [-0.05, 0) is 67.6 Å². The third-order valence-corrected chi connectivity index (χ3v) is 9.97. The molecule has 0 radical (unpaired) electrons. The van der Waals surface area contributed by atoms with Crippen LogP contribution in [0.25, 0.3) is 5.69 Å². The molecule has 2 saturated heterocycles. The molecular formula is C35H36Cl2N10O4. The monoisotopic (exact) mass is 730 g/mol. The number of piperazine rings is 1. The normalized spacial score (nSPS) is 21.0. The van der Waals surface area contributed by atoms with Crippen molar-refractivity contribution in [1.29, 1.82) is 0 Å². The predicted octanol–water partition coefficient (Wildman–Crippen LogP) is 5.18. The number of halogens is 2. The van der Waals surface area contributed by atoms with Gasteiger partial charge in [-0.25, -0.2) is 23.7 Å². The highest BCUT2D eigenvalue weighted by atomic mass is 35.5. The van der Waals surface area contributed by atoms with Gasteiger partial charge in [0.1, 0.15) is 44.0 Å². The van der Waals surface area contributed by atoms with Crippen molar-refractivity contribution in [3.05, 3.63) is 112 Å². The van der Waals surface area contributed by atoms with Gasteiger partial charge < -0.3 is 24.0 Å². The van der Waals surface area contributed by atoms with Crippen molar-refractivity contribution in [2.24, 2.45) is 10.2 Å². The van der Waals surface area contributed by atoms with E-state index in [-0.39, 0.29) is 24.0 Å². The van der Waals surface area contributed by atoms with Crippen molar-refractivity contribution in [2.75, 3.05) is 49.2 Å². The Bertz CT molecular complexity index is 2060. The van der Waals surface area contributed by atoms with Gasteiger partial charge >= 0.3 is 5.69 Å². The molecule has 2 aromatic heterocycles. The van der Waals surface area contributed by atoms with E-state index in [0.29, 0.717) is 41.8 Å². The second kappa shape index (κ2) is 13.8. The van der Waals surface area contributed by atoms with Crippen LogP contribution in [0.2, 0.25) is 10.0 Å². The number of nitrogens with zero attached hydrogens (tertiary/aromatic N) is 10. The molecule has 2 unspecified atom stereocenters. The summed E-state index contributed by atoms with van der Waals surface area (Å²) < 4.78 is 23.6. The van der Waals surface area contributed by atoms with Crippen molar-refractivity contribution in [3.63, 3.8) is 0 Å². The van der Waals surface area contributed by atoms with Gasteiger partial charge in [-0.1, -0.05) is 29.3 Å². The van der Waals surface area contributed by atoms with E-state index in [9.17, 15) is 4.79 Å². The Balaban J connectivity index is 0.834. The molecule has 51 heavy (non-hydrogen) atoms. The first-order valence-corrected chi connectivity index (χ1v) is 17.5. The van der Waals surface area contributed by atoms with Crippen molar-refractivity contribution >= 4 is 34.6 Å². The minimum Gasteiger partial charge on any atom is -0.491 e. The Labute approximate surface area is 303 Å². The second-order valence-electron chi connectivity index (χ2n) is 13.0. The zero-order valence-corrected chi connectivity index (χ0v) is 29.4. The van der Waals surface area contributed by atoms with Gasteiger partial charge in [0.05, 0.1) is 23.9 Å². The summed E-state index contributed by atoms with van der Waals surface area (Å²) in [5, 5.41) is 17.5. The minimum atomic E-state index is -1.16. The van der Waals surface area contributed by atoms with Crippen molar-refractivity contribution in [3.8, 4) is 11.4 Å². The van der Waals surface area contributed by atoms with Crippen LogP contribution in [-0.4, -0.2) is 80.3 Å². The van der Waals surface area contributed by atoms with Crippen LogP contribution in [0.3, 0.4) is 0 Å². The molecule has 2 atom stereocenters. The maximum Gasteiger partial charge on any atom is 0.350 e. The third-order valence-electron chi connectivity index (χ3n) is 9.42. The van der Waals surface area contributed by atoms with Gasteiger partial charge in [0.15, 0.2) is 5.66 Å². The van der Waals surface area contributed by atoms with Crippen LogP contribution in [0.5, 0.6) is 5.75 Å². The van der Waals surface area contributed by atoms with E-state index < -0.39 is 5.79 Å². The average molecular weight is 732 g/mol. The lowest BCUT2D eigenvalue weighted by Crippen LogP contribution is -2.46. The first kappa shape index (κ1) is 33.4. The molecule has 5 heterocycles. The summed E-state index contributed by atoms with van der Waals surface area (Å²) in [6.07, 6.45) is 4.96. The predicted molar refractivity (Wildman–Crippen MR) is 191 cm³/mol. The van der Waals surface area contributed by atoms with Gasteiger partial charge in [-0.3, -0.25) is 0 Å². The summed E-state index contributed by atoms with van der Waals surface area (Å²) in [5.74, 6) is -0.420. The Morgan fingerprint density at radius 2 is 1.57 bits per heavy atom. The van der Waals surface area contributed by atoms with Crippen molar-refractivity contribution in [1.82, 2.24) is 29.1 Å². The summed E-state index contributed by atoms with van der Waals surface area (Å²) in [5.41, 5.74) is 3.17. The number of aromatic nitrogens is 6. The Morgan fingerprint density at radius 1 is 0.882 bits per heavy atom. The molecule has 14 nitrogen and oxygen atoms in total. The summed E-state index contributed by atoms with van der Waals surface area (Å²) in [6, 6.07) is 21.4. The lowest BCUT2D eigenvalue weighted by atomic mass is 10.1. The van der Waals surface area contributed by atoms with E-state index in [1.165, 1.54) is 11.0 Å². The van der Waals surface area contributed by atoms with E-state index in [1.54, 1.807) is 34.0 Å². The lowest BCUT2D eigenvalue weighted by molar-refractivity contribution is -0.190. The molecule has 0 aliphatic carbocycles. The molecule has 8 rings (SSSR count). The highest BCUT2D eigenvalue weighted by Gasteiger charge is 2.45. The van der Waals surface area contributed by atoms with Gasteiger partial charge in [0.2, 0.25) is 5.79 Å². The first-order valence-electron chi connectivity index (χ1n) is 16.8. The van der Waals surface area contributed by atoms with E-state index in [4.69, 9.17) is 37.4 Å². The third kappa shape index (κ3) is 7.22. The largest absolute Gasteiger partial charge is 0.491 e. The van der Waals surface area contributed by atoms with Crippen LogP contribution < -0.4 is 20.2 Å². The summed E-state index contributed by atoms with van der Waals surface area (Å²) in [4.78, 5) is 21.6. The molecule has 5 aromatic rings. The number of hydrogen-bond acceptors (Lipinski definition) is 11. The first-order chi connectivity index (χ1) is 24.8. The SMILES string of the molecule is CC1(CCn2ncn(-c3ccc(N4CCN(c5ccc(OCC6COC(Cn7cncn7)(c7ccc(Cl)cc7Cl)O6)cc5)CC4)cc3)c2=O)N=N1. The number of anilines is 2. The van der Waals surface area contributed by atoms with Crippen molar-refractivity contribution < 1.29 is 14.2 Å². The van der Waals surface area contributed by atoms with Crippen molar-refractivity contribution in [2.45, 2.75) is 44.0 Å². The van der Waals surface area contributed by atoms with Crippen LogP contribution >= 0.6 is 23.2 Å². The molecule has 3 aliphatic rings. The van der Waals surface area contributed by atoms with Gasteiger partial charge in [-0.2, -0.15) is 20.4 Å². The molecule has 0 N–H and O–H groups in total. The average Bonchev–Trinajstić information content (AvgIpc) is 3.47. The molecule has 2 fully saturated rings. The maximum absolute atomic E-state index is 12.9. The zero-order chi connectivity index (χ0) is 35.0. The number of aryl methyl sites for hydroxylation is 1. The van der Waals surface area contributed by atoms with Crippen LogP contribution in [-0.2, 0) is 28.4 Å². The number of ether oxygens (including phenoxy) is 3. The Kier molecular flexibility index (Phi) is 9.00. The Morgan fingerprint density at radius 3 is 2.22 bits per heavy atom. The highest BCUT2D eigenvalue weighted by molar-refractivity contribution is 6.35. The molecule has 0 saturated carbocycles. The van der Waals surface area contributed by atoms with Crippen LogP contribution in [0.15, 0.2) is 101 Å². The van der Waals surface area contributed by atoms with Crippen LogP contribution in [0.4, 0.5) is 11.4 Å². The lowest BCUT2D eigenvalue weighted by Gasteiger charge is -2.37. The highest BCUT2D eigenvalue weighted by Crippen LogP contribution is 2.40. The molecule has 0 spiro atoms. The standard InChI is InChI=1S/C35H36Cl2N10O4/c1-34(41-42-34)12-13-47-33(48)46(24-40-47)28-5-3-26(4-6-28)43-14-16-44(17-15-43)27-7-9-29(10-8-27)49-19-30-20-50-35(51-30,21-45-23-38-22-39-45)31-11-2-25(36)18-32(31)37/h2-11,18,22-24,30H,12-17,19-21H2,1H3. The topological polar surface area (TPSA) is 129 Å². The molecule has 16 heteroatoms. The summed E-state index contributed by atoms with van der Waals surface area (Å²) in [7, 11) is 0. The van der Waals surface area contributed by atoms with Crippen LogP contribution in [0, 0.1) is 0 Å². The molecule has 3 aliphatic heterocycles. The molecular weight excluding hydrogens is 695 g/mol. The quantitative estimate of drug-likeness (QED) is 0.171. The second-order valence-corrected chi connectivity index (χ2v) is 13.8.